The normalized spacial score (nSPS) is 12.3. The van der Waals surface area contributed by atoms with E-state index in [1.165, 1.54) is 0 Å². The summed E-state index contributed by atoms with van der Waals surface area (Å²) in [5.41, 5.74) is 3.02. The van der Waals surface area contributed by atoms with E-state index in [0.29, 0.717) is 22.5 Å². The lowest BCUT2D eigenvalue weighted by atomic mass is 10.0. The zero-order chi connectivity index (χ0) is 19.3. The topological polar surface area (TPSA) is 112 Å². The molecule has 26 heavy (non-hydrogen) atoms. The van der Waals surface area contributed by atoms with Crippen LogP contribution in [0.2, 0.25) is 0 Å². The maximum Gasteiger partial charge on any atom is 0.359 e. The standard InChI is InChI=1S/C18H19N3O4S/c1-4-6-7-13(5-2)17-15(18(22)21-26(23,24)25)12(3)16(20-17)14-8-10-19-11-9-14/h4-11,20H,2H2,1,3H3,(H,21,22)(H,23,24,25)/b6-4-,13-7+. The molecule has 0 aliphatic rings. The van der Waals surface area contributed by atoms with Crippen molar-refractivity contribution >= 4 is 21.8 Å². The lowest BCUT2D eigenvalue weighted by molar-refractivity contribution is 0.0978. The molecule has 0 radical (unpaired) electrons. The van der Waals surface area contributed by atoms with Crippen molar-refractivity contribution in [2.45, 2.75) is 13.8 Å². The summed E-state index contributed by atoms with van der Waals surface area (Å²) in [5.74, 6) is -0.940. The molecule has 0 aliphatic carbocycles. The molecule has 0 aromatic carbocycles. The molecule has 136 valence electrons. The minimum Gasteiger partial charge on any atom is -0.354 e. The van der Waals surface area contributed by atoms with Gasteiger partial charge >= 0.3 is 10.3 Å². The highest BCUT2D eigenvalue weighted by Crippen LogP contribution is 2.31. The van der Waals surface area contributed by atoms with Gasteiger partial charge in [0.05, 0.1) is 11.3 Å². The Balaban J connectivity index is 2.72. The van der Waals surface area contributed by atoms with Crippen molar-refractivity contribution in [1.29, 1.82) is 0 Å². The number of nitrogens with zero attached hydrogens (tertiary/aromatic N) is 1. The number of pyridine rings is 1. The molecule has 2 aromatic rings. The zero-order valence-corrected chi connectivity index (χ0v) is 15.2. The van der Waals surface area contributed by atoms with Gasteiger partial charge in [-0.2, -0.15) is 8.42 Å². The van der Waals surface area contributed by atoms with Crippen LogP contribution in [-0.4, -0.2) is 28.8 Å². The summed E-state index contributed by atoms with van der Waals surface area (Å²) in [6, 6.07) is 3.52. The molecule has 0 saturated heterocycles. The molecule has 0 aliphatic heterocycles. The van der Waals surface area contributed by atoms with Crippen molar-refractivity contribution in [3.8, 4) is 11.3 Å². The summed E-state index contributed by atoms with van der Waals surface area (Å²) < 4.78 is 32.7. The van der Waals surface area contributed by atoms with Crippen LogP contribution >= 0.6 is 0 Å². The largest absolute Gasteiger partial charge is 0.359 e. The number of amides is 1. The van der Waals surface area contributed by atoms with Gasteiger partial charge in [0.1, 0.15) is 0 Å². The van der Waals surface area contributed by atoms with Gasteiger partial charge in [0, 0.05) is 23.7 Å². The fourth-order valence-electron chi connectivity index (χ4n) is 2.52. The second kappa shape index (κ2) is 7.94. The number of hydrogen-bond acceptors (Lipinski definition) is 4. The van der Waals surface area contributed by atoms with Gasteiger partial charge in [-0.15, -0.1) is 0 Å². The molecule has 0 spiro atoms. The summed E-state index contributed by atoms with van der Waals surface area (Å²) in [7, 11) is -4.69. The number of aromatic nitrogens is 2. The van der Waals surface area contributed by atoms with Crippen LogP contribution in [-0.2, 0) is 10.3 Å². The molecule has 2 heterocycles. The van der Waals surface area contributed by atoms with Gasteiger partial charge in [-0.25, -0.2) is 4.72 Å². The van der Waals surface area contributed by atoms with E-state index in [1.807, 2.05) is 6.92 Å². The summed E-state index contributed by atoms with van der Waals surface area (Å²) >= 11 is 0. The van der Waals surface area contributed by atoms with Crippen LogP contribution in [0.3, 0.4) is 0 Å². The fourth-order valence-corrected chi connectivity index (χ4v) is 2.86. The second-order valence-corrected chi connectivity index (χ2v) is 6.52. The van der Waals surface area contributed by atoms with Crippen LogP contribution in [0.1, 0.15) is 28.5 Å². The highest BCUT2D eigenvalue weighted by molar-refractivity contribution is 7.84. The Hall–Kier alpha value is -2.97. The Kier molecular flexibility index (Phi) is 5.91. The van der Waals surface area contributed by atoms with Gasteiger partial charge in [0.2, 0.25) is 0 Å². The second-order valence-electron chi connectivity index (χ2n) is 5.37. The molecule has 1 amide bonds. The Morgan fingerprint density at radius 1 is 1.35 bits per heavy atom. The number of carbonyl (C=O) groups excluding carboxylic acids is 1. The first-order valence-corrected chi connectivity index (χ1v) is 9.10. The molecule has 0 unspecified atom stereocenters. The van der Waals surface area contributed by atoms with Crippen LogP contribution in [0, 0.1) is 6.92 Å². The van der Waals surface area contributed by atoms with Crippen LogP contribution < -0.4 is 4.72 Å². The lowest BCUT2D eigenvalue weighted by Gasteiger charge is -2.06. The van der Waals surface area contributed by atoms with Gasteiger partial charge in [0.15, 0.2) is 0 Å². The van der Waals surface area contributed by atoms with E-state index < -0.39 is 16.2 Å². The minimum absolute atomic E-state index is 0.102. The summed E-state index contributed by atoms with van der Waals surface area (Å²) in [4.78, 5) is 19.6. The molecular weight excluding hydrogens is 354 g/mol. The highest BCUT2D eigenvalue weighted by Gasteiger charge is 2.24. The maximum atomic E-state index is 12.5. The first kappa shape index (κ1) is 19.4. The van der Waals surface area contributed by atoms with E-state index in [9.17, 15) is 13.2 Å². The molecule has 2 rings (SSSR count). The monoisotopic (exact) mass is 373 g/mol. The molecule has 0 fully saturated rings. The third-order valence-electron chi connectivity index (χ3n) is 3.64. The first-order valence-electron chi connectivity index (χ1n) is 7.66. The van der Waals surface area contributed by atoms with Crippen molar-refractivity contribution in [2.75, 3.05) is 0 Å². The van der Waals surface area contributed by atoms with Crippen molar-refractivity contribution in [3.05, 3.63) is 72.2 Å². The van der Waals surface area contributed by atoms with Gasteiger partial charge in [-0.05, 0) is 37.1 Å². The highest BCUT2D eigenvalue weighted by atomic mass is 32.2. The smallest absolute Gasteiger partial charge is 0.354 e. The number of H-pyrrole nitrogens is 1. The quantitative estimate of drug-likeness (QED) is 0.532. The molecule has 2 aromatic heterocycles. The first-order chi connectivity index (χ1) is 12.3. The predicted octanol–water partition coefficient (Wildman–Crippen LogP) is 3.06. The molecular formula is C18H19N3O4S. The molecule has 3 N–H and O–H groups in total. The molecule has 7 nitrogen and oxygen atoms in total. The van der Waals surface area contributed by atoms with Gasteiger partial charge in [-0.1, -0.05) is 30.9 Å². The summed E-state index contributed by atoms with van der Waals surface area (Å²) in [6.45, 7) is 7.27. The number of hydrogen-bond donors (Lipinski definition) is 3. The van der Waals surface area contributed by atoms with Crippen molar-refractivity contribution < 1.29 is 17.8 Å². The number of aromatic amines is 1. The molecule has 0 saturated carbocycles. The van der Waals surface area contributed by atoms with E-state index in [4.69, 9.17) is 4.55 Å². The van der Waals surface area contributed by atoms with E-state index >= 15 is 0 Å². The maximum absolute atomic E-state index is 12.5. The van der Waals surface area contributed by atoms with Crippen LogP contribution in [0.4, 0.5) is 0 Å². The number of rotatable bonds is 6. The Labute approximate surface area is 152 Å². The Morgan fingerprint density at radius 2 is 2.00 bits per heavy atom. The van der Waals surface area contributed by atoms with E-state index in [-0.39, 0.29) is 5.56 Å². The van der Waals surface area contributed by atoms with E-state index in [1.54, 1.807) is 60.5 Å². The van der Waals surface area contributed by atoms with Gasteiger partial charge in [0.25, 0.3) is 5.91 Å². The third-order valence-corrected chi connectivity index (χ3v) is 4.09. The van der Waals surface area contributed by atoms with Crippen molar-refractivity contribution in [2.24, 2.45) is 0 Å². The molecule has 0 bridgehead atoms. The summed E-state index contributed by atoms with van der Waals surface area (Å²) in [5, 5.41) is 0. The number of carbonyl (C=O) groups is 1. The minimum atomic E-state index is -4.69. The van der Waals surface area contributed by atoms with Crippen molar-refractivity contribution in [1.82, 2.24) is 14.7 Å². The van der Waals surface area contributed by atoms with Crippen LogP contribution in [0.5, 0.6) is 0 Å². The molecule has 8 heteroatoms. The average molecular weight is 373 g/mol. The summed E-state index contributed by atoms with van der Waals surface area (Å²) in [6.07, 6.45) is 10.1. The average Bonchev–Trinajstić information content (AvgIpc) is 2.92. The number of allylic oxidation sites excluding steroid dienone is 5. The van der Waals surface area contributed by atoms with Gasteiger partial charge < -0.3 is 4.98 Å². The van der Waals surface area contributed by atoms with Crippen LogP contribution in [0.15, 0.2) is 55.4 Å². The van der Waals surface area contributed by atoms with Crippen molar-refractivity contribution in [3.63, 3.8) is 0 Å². The Bertz CT molecular complexity index is 987. The zero-order valence-electron chi connectivity index (χ0n) is 14.4. The third kappa shape index (κ3) is 4.35. The predicted molar refractivity (Wildman–Crippen MR) is 101 cm³/mol. The van der Waals surface area contributed by atoms with Crippen LogP contribution in [0.25, 0.3) is 16.8 Å². The number of nitrogens with one attached hydrogen (secondary N) is 2. The Morgan fingerprint density at radius 3 is 2.54 bits per heavy atom. The fraction of sp³-hybridized carbons (Fsp3) is 0.111. The molecule has 0 atom stereocenters. The van der Waals surface area contributed by atoms with Gasteiger partial charge in [-0.3, -0.25) is 14.3 Å². The lowest BCUT2D eigenvalue weighted by Crippen LogP contribution is -2.30. The van der Waals surface area contributed by atoms with E-state index in [2.05, 4.69) is 16.5 Å². The van der Waals surface area contributed by atoms with E-state index in [0.717, 1.165) is 5.56 Å². The SMILES string of the molecule is C=C/C(=C\C=C/C)c1[nH]c(-c2ccncc2)c(C)c1C(=O)NS(=O)(=O)O.